The summed E-state index contributed by atoms with van der Waals surface area (Å²) in [5.74, 6) is 0. The van der Waals surface area contributed by atoms with Gasteiger partial charge in [0.2, 0.25) is 0 Å². The third-order valence-electron chi connectivity index (χ3n) is 2.47. The van der Waals surface area contributed by atoms with Gasteiger partial charge in [0, 0.05) is 5.33 Å². The second-order valence-electron chi connectivity index (χ2n) is 3.40. The van der Waals surface area contributed by atoms with E-state index in [1.54, 1.807) is 0 Å². The molecule has 0 amide bonds. The highest BCUT2D eigenvalue weighted by atomic mass is 79.9. The van der Waals surface area contributed by atoms with Crippen LogP contribution in [-0.2, 0) is 4.43 Å². The predicted molar refractivity (Wildman–Crippen MR) is 61.8 cm³/mol. The maximum Gasteiger partial charge on any atom is 0.162 e. The average Bonchev–Trinajstić information content (AvgIpc) is 2.12. The average molecular weight is 253 g/mol. The second-order valence-corrected chi connectivity index (χ2v) is 5.60. The number of hydrogen-bond donors (Lipinski definition) is 0. The van der Waals surface area contributed by atoms with Gasteiger partial charge in [0.1, 0.15) is 0 Å². The molecule has 12 heavy (non-hydrogen) atoms. The van der Waals surface area contributed by atoms with Gasteiger partial charge in [-0.15, -0.1) is 0 Å². The molecule has 0 fully saturated rings. The summed E-state index contributed by atoms with van der Waals surface area (Å²) in [5.41, 5.74) is 0.179. The van der Waals surface area contributed by atoms with E-state index >= 15 is 0 Å². The first-order chi connectivity index (χ1) is 5.68. The first kappa shape index (κ1) is 12.7. The van der Waals surface area contributed by atoms with E-state index in [4.69, 9.17) is 4.43 Å². The predicted octanol–water partition coefficient (Wildman–Crippen LogP) is 2.87. The summed E-state index contributed by atoms with van der Waals surface area (Å²) in [4.78, 5) is 0. The number of alkyl halides is 1. The summed E-state index contributed by atoms with van der Waals surface area (Å²) in [6, 6.07) is 1.31. The molecule has 0 aliphatic heterocycles. The molecule has 0 aliphatic carbocycles. The lowest BCUT2D eigenvalue weighted by Gasteiger charge is -2.27. The van der Waals surface area contributed by atoms with E-state index in [9.17, 15) is 0 Å². The van der Waals surface area contributed by atoms with Gasteiger partial charge in [-0.3, -0.25) is 0 Å². The highest BCUT2D eigenvalue weighted by Crippen LogP contribution is 2.18. The Morgan fingerprint density at radius 3 is 2.33 bits per heavy atom. The van der Waals surface area contributed by atoms with Crippen molar-refractivity contribution in [2.24, 2.45) is 0 Å². The van der Waals surface area contributed by atoms with Gasteiger partial charge in [0.25, 0.3) is 0 Å². The van der Waals surface area contributed by atoms with E-state index < -0.39 is 0 Å². The van der Waals surface area contributed by atoms with Crippen LogP contribution >= 0.6 is 15.9 Å². The molecule has 0 aromatic heterocycles. The van der Waals surface area contributed by atoms with Crippen molar-refractivity contribution in [3.05, 3.63) is 0 Å². The number of halogens is 1. The van der Waals surface area contributed by atoms with E-state index in [0.717, 1.165) is 18.2 Å². The molecule has 0 aliphatic rings. The fourth-order valence-electron chi connectivity index (χ4n) is 0.969. The molecule has 0 radical (unpaired) electrons. The van der Waals surface area contributed by atoms with Crippen LogP contribution in [0.5, 0.6) is 0 Å². The summed E-state index contributed by atoms with van der Waals surface area (Å²) in [6.07, 6.45) is 3.56. The number of hydrogen-bond acceptors (Lipinski definition) is 1. The summed E-state index contributed by atoms with van der Waals surface area (Å²) in [6.45, 7) is 6.65. The largest absolute Gasteiger partial charge is 0.419 e. The first-order valence-corrected chi connectivity index (χ1v) is 7.58. The van der Waals surface area contributed by atoms with Crippen molar-refractivity contribution in [2.75, 3.05) is 5.33 Å². The minimum Gasteiger partial charge on any atom is -0.419 e. The van der Waals surface area contributed by atoms with Gasteiger partial charge >= 0.3 is 0 Å². The first-order valence-electron chi connectivity index (χ1n) is 4.88. The Morgan fingerprint density at radius 2 is 1.92 bits per heavy atom. The van der Waals surface area contributed by atoms with Gasteiger partial charge in [0.05, 0.1) is 5.60 Å². The highest BCUT2D eigenvalue weighted by molar-refractivity contribution is 9.09. The molecule has 3 heteroatoms. The number of rotatable bonds is 7. The molecular weight excluding hydrogens is 232 g/mol. The minimum absolute atomic E-state index is 0.179. The van der Waals surface area contributed by atoms with E-state index in [-0.39, 0.29) is 15.4 Å². The topological polar surface area (TPSA) is 9.23 Å². The maximum atomic E-state index is 5.95. The van der Waals surface area contributed by atoms with Gasteiger partial charge in [-0.25, -0.2) is 0 Å². The van der Waals surface area contributed by atoms with Crippen LogP contribution in [-0.4, -0.2) is 20.7 Å². The van der Waals surface area contributed by atoms with Crippen molar-refractivity contribution in [1.29, 1.82) is 0 Å². The van der Waals surface area contributed by atoms with Crippen LogP contribution in [0.2, 0.25) is 6.04 Å². The van der Waals surface area contributed by atoms with Crippen molar-refractivity contribution in [2.45, 2.75) is 51.7 Å². The molecule has 0 rings (SSSR count). The van der Waals surface area contributed by atoms with Crippen molar-refractivity contribution in [3.8, 4) is 0 Å². The standard InChI is InChI=1S/C9H21BrOSi/c1-4-9(3,5-2)11-12-8-6-7-10/h4-8,12H2,1-3H3. The SMILES string of the molecule is CCC(C)(CC)O[SiH2]CCCBr. The van der Waals surface area contributed by atoms with Crippen LogP contribution in [0.1, 0.15) is 40.0 Å². The quantitative estimate of drug-likeness (QED) is 0.385. The maximum absolute atomic E-state index is 5.95. The third-order valence-corrected chi connectivity index (χ3v) is 4.72. The van der Waals surface area contributed by atoms with Gasteiger partial charge in [-0.2, -0.15) is 0 Å². The Morgan fingerprint density at radius 1 is 1.33 bits per heavy atom. The molecule has 0 saturated heterocycles. The second kappa shape index (κ2) is 7.10. The molecule has 0 N–H and O–H groups in total. The lowest BCUT2D eigenvalue weighted by Crippen LogP contribution is -2.28. The van der Waals surface area contributed by atoms with Gasteiger partial charge in [-0.1, -0.05) is 29.8 Å². The fourth-order valence-corrected chi connectivity index (χ4v) is 3.60. The molecule has 1 nitrogen and oxygen atoms in total. The van der Waals surface area contributed by atoms with E-state index in [1.807, 2.05) is 0 Å². The fraction of sp³-hybridized carbons (Fsp3) is 1.00. The lowest BCUT2D eigenvalue weighted by atomic mass is 10.0. The normalized spacial score (nSPS) is 13.0. The van der Waals surface area contributed by atoms with E-state index in [1.165, 1.54) is 12.5 Å². The zero-order chi connectivity index (χ0) is 9.45. The van der Waals surface area contributed by atoms with Gasteiger partial charge < -0.3 is 4.43 Å². The van der Waals surface area contributed by atoms with Gasteiger partial charge in [0.15, 0.2) is 9.76 Å². The molecule has 0 heterocycles. The zero-order valence-corrected chi connectivity index (χ0v) is 11.5. The summed E-state index contributed by atoms with van der Waals surface area (Å²) in [5, 5.41) is 1.12. The van der Waals surface area contributed by atoms with Crippen LogP contribution in [0.25, 0.3) is 0 Å². The Labute approximate surface area is 87.3 Å². The lowest BCUT2D eigenvalue weighted by molar-refractivity contribution is 0.0851. The zero-order valence-electron chi connectivity index (χ0n) is 8.53. The highest BCUT2D eigenvalue weighted by Gasteiger charge is 2.18. The van der Waals surface area contributed by atoms with Gasteiger partial charge in [-0.05, 0) is 32.2 Å². The molecule has 0 unspecified atom stereocenters. The molecule has 0 bridgehead atoms. The Hall–Kier alpha value is 0.657. The Kier molecular flexibility index (Phi) is 7.49. The van der Waals surface area contributed by atoms with Crippen molar-refractivity contribution in [3.63, 3.8) is 0 Å². The summed E-state index contributed by atoms with van der Waals surface area (Å²) in [7, 11) is -0.256. The Balaban J connectivity index is 3.45. The summed E-state index contributed by atoms with van der Waals surface area (Å²) < 4.78 is 5.95. The molecule has 0 atom stereocenters. The van der Waals surface area contributed by atoms with Crippen LogP contribution in [0.3, 0.4) is 0 Å². The van der Waals surface area contributed by atoms with Crippen LogP contribution in [0.15, 0.2) is 0 Å². The van der Waals surface area contributed by atoms with E-state index in [2.05, 4.69) is 36.7 Å². The van der Waals surface area contributed by atoms with Crippen LogP contribution in [0.4, 0.5) is 0 Å². The molecular formula is C9H21BrOSi. The Bertz CT molecular complexity index is 105. The third kappa shape index (κ3) is 5.33. The molecule has 0 aromatic rings. The monoisotopic (exact) mass is 252 g/mol. The van der Waals surface area contributed by atoms with E-state index in [0.29, 0.717) is 0 Å². The summed E-state index contributed by atoms with van der Waals surface area (Å²) >= 11 is 3.43. The van der Waals surface area contributed by atoms with Crippen molar-refractivity contribution in [1.82, 2.24) is 0 Å². The smallest absolute Gasteiger partial charge is 0.162 e. The van der Waals surface area contributed by atoms with Crippen LogP contribution in [0, 0.1) is 0 Å². The van der Waals surface area contributed by atoms with Crippen LogP contribution < -0.4 is 0 Å². The molecule has 0 aromatic carbocycles. The van der Waals surface area contributed by atoms with Crippen molar-refractivity contribution < 1.29 is 4.43 Å². The minimum atomic E-state index is -0.256. The molecule has 74 valence electrons. The molecule has 0 saturated carbocycles. The van der Waals surface area contributed by atoms with Crippen molar-refractivity contribution >= 4 is 25.7 Å². The molecule has 0 spiro atoms.